The SMILES string of the molecule is CC(C(=O)OC1CC2CCC(C1)N2C)c1ccc(Cl)cc1.O=C(O)/C=C\C(=O)O. The first-order chi connectivity index (χ1) is 13.7. The normalized spacial score (nSPS) is 24.4. The number of fused-ring (bicyclic) bond motifs is 2. The van der Waals surface area contributed by atoms with Crippen LogP contribution in [0.1, 0.15) is 44.1 Å². The number of halogens is 1. The molecule has 0 saturated carbocycles. The van der Waals surface area contributed by atoms with Crippen molar-refractivity contribution in [2.45, 2.75) is 56.7 Å². The van der Waals surface area contributed by atoms with E-state index in [9.17, 15) is 14.4 Å². The molecule has 1 aromatic carbocycles. The van der Waals surface area contributed by atoms with E-state index in [1.165, 1.54) is 12.8 Å². The van der Waals surface area contributed by atoms with Crippen molar-refractivity contribution in [3.05, 3.63) is 47.0 Å². The molecule has 8 heteroatoms. The number of rotatable bonds is 5. The highest BCUT2D eigenvalue weighted by atomic mass is 35.5. The zero-order chi connectivity index (χ0) is 21.6. The van der Waals surface area contributed by atoms with Gasteiger partial charge in [0.1, 0.15) is 6.10 Å². The number of carboxylic acids is 2. The Morgan fingerprint density at radius 1 is 1.07 bits per heavy atom. The molecule has 3 atom stereocenters. The van der Waals surface area contributed by atoms with Crippen molar-refractivity contribution < 1.29 is 29.3 Å². The number of hydrogen-bond donors (Lipinski definition) is 2. The lowest BCUT2D eigenvalue weighted by Crippen LogP contribution is -2.43. The van der Waals surface area contributed by atoms with Crippen LogP contribution in [0.4, 0.5) is 0 Å². The van der Waals surface area contributed by atoms with Gasteiger partial charge in [0.25, 0.3) is 0 Å². The van der Waals surface area contributed by atoms with Crippen molar-refractivity contribution in [2.24, 2.45) is 0 Å². The maximum Gasteiger partial charge on any atom is 0.328 e. The van der Waals surface area contributed by atoms with Crippen LogP contribution in [0.3, 0.4) is 0 Å². The predicted molar refractivity (Wildman–Crippen MR) is 108 cm³/mol. The van der Waals surface area contributed by atoms with Gasteiger partial charge in [0.05, 0.1) is 5.92 Å². The van der Waals surface area contributed by atoms with E-state index in [0.717, 1.165) is 18.4 Å². The molecule has 7 nitrogen and oxygen atoms in total. The summed E-state index contributed by atoms with van der Waals surface area (Å²) >= 11 is 5.88. The van der Waals surface area contributed by atoms with Gasteiger partial charge in [-0.25, -0.2) is 9.59 Å². The van der Waals surface area contributed by atoms with Crippen molar-refractivity contribution in [1.82, 2.24) is 4.90 Å². The molecule has 29 heavy (non-hydrogen) atoms. The Balaban J connectivity index is 0.000000321. The van der Waals surface area contributed by atoms with Gasteiger partial charge in [-0.05, 0) is 57.4 Å². The molecule has 158 valence electrons. The average molecular weight is 424 g/mol. The second kappa shape index (κ2) is 10.4. The number of carboxylic acid groups (broad SMARTS) is 2. The molecule has 0 radical (unpaired) electrons. The summed E-state index contributed by atoms with van der Waals surface area (Å²) in [6.45, 7) is 1.90. The molecule has 0 spiro atoms. The number of benzene rings is 1. The maximum absolute atomic E-state index is 12.3. The molecule has 2 fully saturated rings. The molecule has 1 aromatic rings. The zero-order valence-corrected chi connectivity index (χ0v) is 17.2. The number of aliphatic carboxylic acids is 2. The second-order valence-electron chi connectivity index (χ2n) is 7.36. The second-order valence-corrected chi connectivity index (χ2v) is 7.80. The molecule has 3 rings (SSSR count). The van der Waals surface area contributed by atoms with Crippen molar-refractivity contribution in [1.29, 1.82) is 0 Å². The van der Waals surface area contributed by atoms with Gasteiger partial charge in [-0.3, -0.25) is 4.79 Å². The summed E-state index contributed by atoms with van der Waals surface area (Å²) in [6, 6.07) is 8.60. The van der Waals surface area contributed by atoms with Crippen LogP contribution in [0.5, 0.6) is 0 Å². The number of piperidine rings is 1. The zero-order valence-electron chi connectivity index (χ0n) is 16.5. The Hall–Kier alpha value is -2.38. The van der Waals surface area contributed by atoms with Gasteiger partial charge in [-0.15, -0.1) is 0 Å². The van der Waals surface area contributed by atoms with E-state index in [1.807, 2.05) is 31.2 Å². The van der Waals surface area contributed by atoms with Crippen LogP contribution in [0, 0.1) is 0 Å². The van der Waals surface area contributed by atoms with Crippen LogP contribution in [-0.4, -0.2) is 58.3 Å². The number of esters is 1. The molecule has 2 bridgehead atoms. The average Bonchev–Trinajstić information content (AvgIpc) is 2.88. The van der Waals surface area contributed by atoms with Gasteiger partial charge in [0.2, 0.25) is 0 Å². The summed E-state index contributed by atoms with van der Waals surface area (Å²) in [7, 11) is 2.19. The third-order valence-corrected chi connectivity index (χ3v) is 5.68. The van der Waals surface area contributed by atoms with E-state index in [0.29, 0.717) is 29.3 Å². The minimum atomic E-state index is -1.26. The molecule has 2 saturated heterocycles. The van der Waals surface area contributed by atoms with Crippen LogP contribution >= 0.6 is 11.6 Å². The Bertz CT molecular complexity index is 733. The van der Waals surface area contributed by atoms with E-state index >= 15 is 0 Å². The number of ether oxygens (including phenoxy) is 1. The molecule has 2 aliphatic rings. The monoisotopic (exact) mass is 423 g/mol. The van der Waals surface area contributed by atoms with Gasteiger partial charge in [-0.1, -0.05) is 23.7 Å². The minimum Gasteiger partial charge on any atom is -0.478 e. The Kier molecular flexibility index (Phi) is 8.22. The fraction of sp³-hybridized carbons (Fsp3) is 0.476. The van der Waals surface area contributed by atoms with Crippen molar-refractivity contribution >= 4 is 29.5 Å². The van der Waals surface area contributed by atoms with E-state index < -0.39 is 11.9 Å². The first kappa shape index (κ1) is 22.9. The van der Waals surface area contributed by atoms with Gasteiger partial charge in [0, 0.05) is 29.3 Å². The van der Waals surface area contributed by atoms with E-state index in [-0.39, 0.29) is 18.0 Å². The lowest BCUT2D eigenvalue weighted by Gasteiger charge is -2.36. The summed E-state index contributed by atoms with van der Waals surface area (Å²) in [4.78, 5) is 33.9. The third-order valence-electron chi connectivity index (χ3n) is 5.43. The molecule has 2 heterocycles. The molecular formula is C21H26ClNO6. The number of hydrogen-bond acceptors (Lipinski definition) is 5. The van der Waals surface area contributed by atoms with Crippen LogP contribution in [-0.2, 0) is 19.1 Å². The lowest BCUT2D eigenvalue weighted by atomic mass is 9.99. The van der Waals surface area contributed by atoms with Crippen LogP contribution in [0.25, 0.3) is 0 Å². The largest absolute Gasteiger partial charge is 0.478 e. The number of carbonyl (C=O) groups is 3. The molecular weight excluding hydrogens is 398 g/mol. The molecule has 0 amide bonds. The van der Waals surface area contributed by atoms with Crippen LogP contribution in [0.15, 0.2) is 36.4 Å². The maximum atomic E-state index is 12.3. The van der Waals surface area contributed by atoms with E-state index in [2.05, 4.69) is 11.9 Å². The van der Waals surface area contributed by atoms with Crippen LogP contribution in [0.2, 0.25) is 5.02 Å². The van der Waals surface area contributed by atoms with E-state index in [4.69, 9.17) is 26.6 Å². The fourth-order valence-electron chi connectivity index (χ4n) is 3.75. The Morgan fingerprint density at radius 2 is 1.55 bits per heavy atom. The van der Waals surface area contributed by atoms with Crippen LogP contribution < -0.4 is 0 Å². The molecule has 2 aliphatic heterocycles. The minimum absolute atomic E-state index is 0.0842. The fourth-order valence-corrected chi connectivity index (χ4v) is 3.88. The molecule has 2 N–H and O–H groups in total. The van der Waals surface area contributed by atoms with Gasteiger partial charge in [0.15, 0.2) is 0 Å². The third kappa shape index (κ3) is 6.87. The summed E-state index contributed by atoms with van der Waals surface area (Å²) < 4.78 is 5.77. The summed E-state index contributed by atoms with van der Waals surface area (Å²) in [5.41, 5.74) is 0.959. The first-order valence-corrected chi connectivity index (χ1v) is 9.87. The highest BCUT2D eigenvalue weighted by Gasteiger charge is 2.40. The molecule has 3 unspecified atom stereocenters. The smallest absolute Gasteiger partial charge is 0.328 e. The highest BCUT2D eigenvalue weighted by molar-refractivity contribution is 6.30. The van der Waals surface area contributed by atoms with Gasteiger partial charge in [-0.2, -0.15) is 0 Å². The Labute approximate surface area is 174 Å². The topological polar surface area (TPSA) is 104 Å². The quantitative estimate of drug-likeness (QED) is 0.552. The highest BCUT2D eigenvalue weighted by Crippen LogP contribution is 2.36. The van der Waals surface area contributed by atoms with Gasteiger partial charge < -0.3 is 19.8 Å². The van der Waals surface area contributed by atoms with Gasteiger partial charge >= 0.3 is 17.9 Å². The number of carbonyl (C=O) groups excluding carboxylic acids is 1. The van der Waals surface area contributed by atoms with E-state index in [1.54, 1.807) is 0 Å². The standard InChI is InChI=1S/C17H22ClNO2.C4H4O4/c1-11(12-3-5-13(18)6-4-12)17(20)21-16-9-14-7-8-15(10-16)19(14)2;5-3(6)1-2-4(7)8/h3-6,11,14-16H,7-10H2,1-2H3;1-2H,(H,5,6)(H,7,8)/b;2-1-. The predicted octanol–water partition coefficient (Wildman–Crippen LogP) is 3.32. The van der Waals surface area contributed by atoms with Crippen molar-refractivity contribution in [3.8, 4) is 0 Å². The summed E-state index contributed by atoms with van der Waals surface area (Å²) in [6.07, 6.45) is 5.63. The number of nitrogens with zero attached hydrogens (tertiary/aromatic N) is 1. The summed E-state index contributed by atoms with van der Waals surface area (Å²) in [5.74, 6) is -2.87. The molecule has 0 aliphatic carbocycles. The Morgan fingerprint density at radius 3 is 2.00 bits per heavy atom. The lowest BCUT2D eigenvalue weighted by molar-refractivity contribution is -0.153. The first-order valence-electron chi connectivity index (χ1n) is 9.49. The van der Waals surface area contributed by atoms with Crippen molar-refractivity contribution in [2.75, 3.05) is 7.05 Å². The molecule has 0 aromatic heterocycles. The summed E-state index contributed by atoms with van der Waals surface area (Å²) in [5, 5.41) is 16.3. The van der Waals surface area contributed by atoms with Crippen molar-refractivity contribution in [3.63, 3.8) is 0 Å².